The molecule has 130 valence electrons. The fourth-order valence-electron chi connectivity index (χ4n) is 2.23. The Morgan fingerprint density at radius 2 is 2.00 bits per heavy atom. The van der Waals surface area contributed by atoms with Gasteiger partial charge in [0.1, 0.15) is 0 Å². The summed E-state index contributed by atoms with van der Waals surface area (Å²) in [6.07, 6.45) is 2.80. The molecule has 1 heterocycles. The average Bonchev–Trinajstić information content (AvgIpc) is 3.01. The molecule has 25 heavy (non-hydrogen) atoms. The fraction of sp³-hybridized carbons (Fsp3) is 0.125. The summed E-state index contributed by atoms with van der Waals surface area (Å²) in [5, 5.41) is 3.98. The number of amides is 1. The number of hydrogen-bond acceptors (Lipinski definition) is 5. The van der Waals surface area contributed by atoms with Crippen molar-refractivity contribution in [3.63, 3.8) is 0 Å². The maximum absolute atomic E-state index is 12.5. The molecule has 1 N–H and O–H groups in total. The first-order valence-electron chi connectivity index (χ1n) is 7.15. The average molecular weight is 396 g/mol. The van der Waals surface area contributed by atoms with Crippen LogP contribution in [0.15, 0.2) is 42.6 Å². The van der Waals surface area contributed by atoms with Gasteiger partial charge in [0.15, 0.2) is 0 Å². The van der Waals surface area contributed by atoms with E-state index >= 15 is 0 Å². The van der Waals surface area contributed by atoms with Gasteiger partial charge in [-0.15, -0.1) is 0 Å². The number of rotatable bonds is 4. The first-order valence-corrected chi connectivity index (χ1v) is 10.1. The molecule has 0 atom stereocenters. The Morgan fingerprint density at radius 3 is 2.72 bits per heavy atom. The van der Waals surface area contributed by atoms with E-state index in [9.17, 15) is 13.2 Å². The predicted molar refractivity (Wildman–Crippen MR) is 102 cm³/mol. The van der Waals surface area contributed by atoms with Gasteiger partial charge in [-0.1, -0.05) is 11.6 Å². The van der Waals surface area contributed by atoms with Gasteiger partial charge in [-0.3, -0.25) is 9.10 Å². The highest BCUT2D eigenvalue weighted by Gasteiger charge is 2.17. The van der Waals surface area contributed by atoms with E-state index in [-0.39, 0.29) is 16.6 Å². The van der Waals surface area contributed by atoms with Crippen molar-refractivity contribution in [1.29, 1.82) is 0 Å². The normalized spacial score (nSPS) is 11.5. The highest BCUT2D eigenvalue weighted by atomic mass is 35.5. The zero-order chi connectivity index (χ0) is 18.2. The second-order valence-electron chi connectivity index (χ2n) is 5.43. The topological polar surface area (TPSA) is 79.4 Å². The Kier molecular flexibility index (Phi) is 4.68. The third-order valence-corrected chi connectivity index (χ3v) is 5.95. The minimum Gasteiger partial charge on any atom is -0.322 e. The third-order valence-electron chi connectivity index (χ3n) is 3.66. The van der Waals surface area contributed by atoms with Crippen molar-refractivity contribution in [3.8, 4) is 0 Å². The van der Waals surface area contributed by atoms with E-state index in [0.717, 1.165) is 20.6 Å². The zero-order valence-electron chi connectivity index (χ0n) is 13.4. The van der Waals surface area contributed by atoms with E-state index in [0.29, 0.717) is 11.3 Å². The number of anilines is 2. The number of nitrogens with zero attached hydrogens (tertiary/aromatic N) is 2. The minimum atomic E-state index is -3.49. The number of aromatic nitrogens is 1. The molecule has 0 saturated carbocycles. The van der Waals surface area contributed by atoms with Crippen molar-refractivity contribution >= 4 is 60.5 Å². The predicted octanol–water partition coefficient (Wildman–Crippen LogP) is 3.60. The van der Waals surface area contributed by atoms with Gasteiger partial charge in [0.2, 0.25) is 10.0 Å². The van der Waals surface area contributed by atoms with Gasteiger partial charge in [-0.05, 0) is 47.9 Å². The molecule has 0 spiro atoms. The molecule has 0 aliphatic carbocycles. The lowest BCUT2D eigenvalue weighted by Crippen LogP contribution is -2.25. The van der Waals surface area contributed by atoms with Crippen molar-refractivity contribution in [1.82, 2.24) is 4.37 Å². The fourth-order valence-corrected chi connectivity index (χ4v) is 3.66. The third kappa shape index (κ3) is 3.76. The second kappa shape index (κ2) is 6.62. The van der Waals surface area contributed by atoms with E-state index in [1.54, 1.807) is 18.3 Å². The van der Waals surface area contributed by atoms with E-state index in [1.165, 1.54) is 30.7 Å². The van der Waals surface area contributed by atoms with Crippen LogP contribution in [-0.4, -0.2) is 32.0 Å². The zero-order valence-corrected chi connectivity index (χ0v) is 15.7. The van der Waals surface area contributed by atoms with Crippen molar-refractivity contribution < 1.29 is 13.2 Å². The largest absolute Gasteiger partial charge is 0.322 e. The Morgan fingerprint density at radius 1 is 1.24 bits per heavy atom. The maximum atomic E-state index is 12.5. The molecule has 1 amide bonds. The number of fused-ring (bicyclic) bond motifs is 1. The van der Waals surface area contributed by atoms with E-state index < -0.39 is 10.0 Å². The molecular weight excluding hydrogens is 382 g/mol. The molecule has 0 radical (unpaired) electrons. The summed E-state index contributed by atoms with van der Waals surface area (Å²) in [6, 6.07) is 9.99. The van der Waals surface area contributed by atoms with Gasteiger partial charge in [-0.25, -0.2) is 8.42 Å². The van der Waals surface area contributed by atoms with Gasteiger partial charge in [0.25, 0.3) is 5.91 Å². The van der Waals surface area contributed by atoms with Crippen LogP contribution < -0.4 is 9.62 Å². The quantitative estimate of drug-likeness (QED) is 0.732. The van der Waals surface area contributed by atoms with Crippen LogP contribution in [0.3, 0.4) is 0 Å². The Hall–Kier alpha value is -2.16. The molecule has 0 unspecified atom stereocenters. The molecule has 0 fully saturated rings. The monoisotopic (exact) mass is 395 g/mol. The molecular formula is C16H14ClN3O3S2. The van der Waals surface area contributed by atoms with Crippen LogP contribution in [0.5, 0.6) is 0 Å². The summed E-state index contributed by atoms with van der Waals surface area (Å²) in [6.45, 7) is 0. The number of benzene rings is 2. The summed E-state index contributed by atoms with van der Waals surface area (Å²) in [5.74, 6) is -0.359. The van der Waals surface area contributed by atoms with Crippen molar-refractivity contribution in [2.45, 2.75) is 0 Å². The van der Waals surface area contributed by atoms with Gasteiger partial charge < -0.3 is 5.32 Å². The number of nitrogens with one attached hydrogen (secondary N) is 1. The van der Waals surface area contributed by atoms with Gasteiger partial charge in [0, 0.05) is 29.9 Å². The molecule has 1 aromatic heterocycles. The lowest BCUT2D eigenvalue weighted by molar-refractivity contribution is 0.102. The SMILES string of the molecule is CN(c1cc(C(=O)Nc2ccc3sncc3c2)ccc1Cl)S(C)(=O)=O. The van der Waals surface area contributed by atoms with Crippen molar-refractivity contribution in [2.24, 2.45) is 0 Å². The number of halogens is 1. The van der Waals surface area contributed by atoms with Gasteiger partial charge in [0.05, 0.1) is 21.7 Å². The van der Waals surface area contributed by atoms with Crippen LogP contribution in [0, 0.1) is 0 Å². The number of carbonyl (C=O) groups excluding carboxylic acids is 1. The van der Waals surface area contributed by atoms with Crippen LogP contribution in [0.1, 0.15) is 10.4 Å². The summed E-state index contributed by atoms with van der Waals surface area (Å²) in [4.78, 5) is 12.5. The van der Waals surface area contributed by atoms with Gasteiger partial charge >= 0.3 is 0 Å². The Balaban J connectivity index is 1.89. The minimum absolute atomic E-state index is 0.245. The van der Waals surface area contributed by atoms with Crippen LogP contribution in [0.2, 0.25) is 5.02 Å². The van der Waals surface area contributed by atoms with E-state index in [2.05, 4.69) is 9.69 Å². The Bertz CT molecular complexity index is 1060. The summed E-state index contributed by atoms with van der Waals surface area (Å²) in [7, 11) is -2.10. The first-order chi connectivity index (χ1) is 11.8. The summed E-state index contributed by atoms with van der Waals surface area (Å²) < 4.78 is 29.6. The number of sulfonamides is 1. The lowest BCUT2D eigenvalue weighted by atomic mass is 10.1. The highest BCUT2D eigenvalue weighted by molar-refractivity contribution is 7.92. The standard InChI is InChI=1S/C16H14ClN3O3S2/c1-20(25(2,22)23)14-8-10(3-5-13(14)17)16(21)19-12-4-6-15-11(7-12)9-18-24-15/h3-9H,1-2H3,(H,19,21). The first kappa shape index (κ1) is 17.7. The lowest BCUT2D eigenvalue weighted by Gasteiger charge is -2.18. The van der Waals surface area contributed by atoms with E-state index in [1.807, 2.05) is 12.1 Å². The van der Waals surface area contributed by atoms with Crippen LogP contribution in [0.4, 0.5) is 11.4 Å². The molecule has 0 aliphatic heterocycles. The number of carbonyl (C=O) groups is 1. The summed E-state index contributed by atoms with van der Waals surface area (Å²) >= 11 is 7.45. The van der Waals surface area contributed by atoms with Crippen LogP contribution in [0.25, 0.3) is 10.1 Å². The Labute approximate surface area is 154 Å². The maximum Gasteiger partial charge on any atom is 0.255 e. The van der Waals surface area contributed by atoms with Crippen molar-refractivity contribution in [2.75, 3.05) is 22.9 Å². The molecule has 3 rings (SSSR count). The highest BCUT2D eigenvalue weighted by Crippen LogP contribution is 2.28. The molecule has 0 saturated heterocycles. The van der Waals surface area contributed by atoms with Crippen LogP contribution >= 0.6 is 23.1 Å². The number of hydrogen-bond donors (Lipinski definition) is 1. The molecule has 6 nitrogen and oxygen atoms in total. The molecule has 9 heteroatoms. The van der Waals surface area contributed by atoms with E-state index in [4.69, 9.17) is 11.6 Å². The molecule has 2 aromatic carbocycles. The smallest absolute Gasteiger partial charge is 0.255 e. The second-order valence-corrected chi connectivity index (χ2v) is 8.68. The molecule has 3 aromatic rings. The molecule has 0 aliphatic rings. The van der Waals surface area contributed by atoms with Crippen LogP contribution in [-0.2, 0) is 10.0 Å². The summed E-state index contributed by atoms with van der Waals surface area (Å²) in [5.41, 5.74) is 1.18. The van der Waals surface area contributed by atoms with Gasteiger partial charge in [-0.2, -0.15) is 4.37 Å². The van der Waals surface area contributed by atoms with Crippen molar-refractivity contribution in [3.05, 3.63) is 53.2 Å². The molecule has 0 bridgehead atoms.